The van der Waals surface area contributed by atoms with Crippen molar-refractivity contribution in [3.63, 3.8) is 0 Å². The van der Waals surface area contributed by atoms with Crippen molar-refractivity contribution in [2.75, 3.05) is 0 Å². The van der Waals surface area contributed by atoms with Gasteiger partial charge in [-0.25, -0.2) is 0 Å². The predicted molar refractivity (Wildman–Crippen MR) is 133 cm³/mol. The summed E-state index contributed by atoms with van der Waals surface area (Å²) in [5.41, 5.74) is 3.69. The first-order valence-electron chi connectivity index (χ1n) is 10.7. The Morgan fingerprint density at radius 2 is 0.968 bits per heavy atom. The number of hydrogen-bond acceptors (Lipinski definition) is 0. The Bertz CT molecular complexity index is 1730. The molecule has 0 aliphatic carbocycles. The average molecular weight is 393 g/mol. The van der Waals surface area contributed by atoms with E-state index in [1.807, 2.05) is 0 Å². The first-order valence-corrected chi connectivity index (χ1v) is 10.7. The van der Waals surface area contributed by atoms with Gasteiger partial charge in [0.1, 0.15) is 0 Å². The molecule has 1 heteroatoms. The quantitative estimate of drug-likeness (QED) is 0.195. The summed E-state index contributed by atoms with van der Waals surface area (Å²) in [5, 5.41) is 10.3. The normalized spacial score (nSPS) is 11.9. The number of nitrogens with zero attached hydrogens (tertiary/aromatic N) is 1. The molecule has 7 aromatic rings. The number of hydrogen-bond donors (Lipinski definition) is 0. The topological polar surface area (TPSA) is 4.93 Å². The van der Waals surface area contributed by atoms with Crippen molar-refractivity contribution in [2.24, 2.45) is 0 Å². The van der Waals surface area contributed by atoms with E-state index in [-0.39, 0.29) is 0 Å². The molecule has 1 heterocycles. The van der Waals surface area contributed by atoms with E-state index in [4.69, 9.17) is 0 Å². The van der Waals surface area contributed by atoms with Crippen molar-refractivity contribution < 1.29 is 0 Å². The maximum atomic E-state index is 2.38. The van der Waals surface area contributed by atoms with Gasteiger partial charge in [0, 0.05) is 16.5 Å². The number of aromatic nitrogens is 1. The summed E-state index contributed by atoms with van der Waals surface area (Å²) in [5.74, 6) is 0. The van der Waals surface area contributed by atoms with Crippen LogP contribution in [0.1, 0.15) is 0 Å². The van der Waals surface area contributed by atoms with Crippen molar-refractivity contribution in [1.82, 2.24) is 4.57 Å². The fourth-order valence-electron chi connectivity index (χ4n) is 5.08. The van der Waals surface area contributed by atoms with Gasteiger partial charge >= 0.3 is 0 Å². The van der Waals surface area contributed by atoms with Gasteiger partial charge in [-0.15, -0.1) is 0 Å². The van der Waals surface area contributed by atoms with Gasteiger partial charge in [-0.2, -0.15) is 0 Å². The van der Waals surface area contributed by atoms with Crippen LogP contribution >= 0.6 is 0 Å². The zero-order valence-corrected chi connectivity index (χ0v) is 16.9. The van der Waals surface area contributed by atoms with Crippen LogP contribution in [0.15, 0.2) is 115 Å². The van der Waals surface area contributed by atoms with Gasteiger partial charge in [-0.1, -0.05) is 78.9 Å². The highest BCUT2D eigenvalue weighted by atomic mass is 15.0. The van der Waals surface area contributed by atoms with Crippen molar-refractivity contribution in [1.29, 1.82) is 0 Å². The Morgan fingerprint density at radius 3 is 1.74 bits per heavy atom. The minimum atomic E-state index is 1.20. The molecule has 0 aliphatic heterocycles. The summed E-state index contributed by atoms with van der Waals surface area (Å²) in [6, 6.07) is 41.9. The second kappa shape index (κ2) is 6.20. The molecule has 0 spiro atoms. The van der Waals surface area contributed by atoms with Crippen molar-refractivity contribution in [2.45, 2.75) is 0 Å². The number of fused-ring (bicyclic) bond motifs is 7. The number of benzene rings is 6. The lowest BCUT2D eigenvalue weighted by Gasteiger charge is -2.11. The monoisotopic (exact) mass is 393 g/mol. The summed E-state index contributed by atoms with van der Waals surface area (Å²) in [4.78, 5) is 0. The van der Waals surface area contributed by atoms with Gasteiger partial charge in [0.05, 0.1) is 11.0 Å². The molecule has 0 saturated carbocycles. The lowest BCUT2D eigenvalue weighted by Crippen LogP contribution is -1.93. The second-order valence-corrected chi connectivity index (χ2v) is 8.26. The van der Waals surface area contributed by atoms with E-state index in [1.54, 1.807) is 0 Å². The maximum Gasteiger partial charge on any atom is 0.0541 e. The molecular weight excluding hydrogens is 374 g/mol. The molecule has 0 N–H and O–H groups in total. The van der Waals surface area contributed by atoms with E-state index < -0.39 is 0 Å². The van der Waals surface area contributed by atoms with Crippen LogP contribution in [0.2, 0.25) is 0 Å². The predicted octanol–water partition coefficient (Wildman–Crippen LogP) is 8.24. The Labute approximate surface area is 179 Å². The highest BCUT2D eigenvalue weighted by Gasteiger charge is 2.12. The molecule has 0 radical (unpaired) electrons. The van der Waals surface area contributed by atoms with Crippen LogP contribution in [0.5, 0.6) is 0 Å². The summed E-state index contributed by atoms with van der Waals surface area (Å²) >= 11 is 0. The molecule has 31 heavy (non-hydrogen) atoms. The van der Waals surface area contributed by atoms with Crippen LogP contribution in [-0.4, -0.2) is 4.57 Å². The average Bonchev–Trinajstić information content (AvgIpc) is 3.17. The summed E-state index contributed by atoms with van der Waals surface area (Å²) in [6.07, 6.45) is 0. The molecule has 0 fully saturated rings. The molecule has 0 saturated heterocycles. The summed E-state index contributed by atoms with van der Waals surface area (Å²) in [6.45, 7) is 0. The third-order valence-electron chi connectivity index (χ3n) is 6.52. The molecule has 1 nitrogen and oxygen atoms in total. The molecule has 0 amide bonds. The van der Waals surface area contributed by atoms with Gasteiger partial charge in [0.25, 0.3) is 0 Å². The van der Waals surface area contributed by atoms with Gasteiger partial charge in [0.2, 0.25) is 0 Å². The molecule has 0 aliphatic rings. The van der Waals surface area contributed by atoms with E-state index in [1.165, 1.54) is 59.8 Å². The van der Waals surface area contributed by atoms with Crippen molar-refractivity contribution >= 4 is 54.1 Å². The molecule has 0 bridgehead atoms. The van der Waals surface area contributed by atoms with E-state index in [0.717, 1.165) is 0 Å². The molecule has 0 unspecified atom stereocenters. The van der Waals surface area contributed by atoms with E-state index >= 15 is 0 Å². The maximum absolute atomic E-state index is 2.38. The molecule has 144 valence electrons. The third-order valence-corrected chi connectivity index (χ3v) is 6.52. The van der Waals surface area contributed by atoms with Crippen LogP contribution < -0.4 is 0 Å². The van der Waals surface area contributed by atoms with Gasteiger partial charge in [0.15, 0.2) is 0 Å². The second-order valence-electron chi connectivity index (χ2n) is 8.26. The van der Waals surface area contributed by atoms with Gasteiger partial charge < -0.3 is 4.57 Å². The Balaban J connectivity index is 1.54. The van der Waals surface area contributed by atoms with Crippen LogP contribution in [0.3, 0.4) is 0 Å². The molecular formula is C30H19N. The fourth-order valence-corrected chi connectivity index (χ4v) is 5.08. The minimum absolute atomic E-state index is 1.20. The van der Waals surface area contributed by atoms with Gasteiger partial charge in [-0.05, 0) is 68.7 Å². The lowest BCUT2D eigenvalue weighted by molar-refractivity contribution is 1.19. The van der Waals surface area contributed by atoms with Crippen LogP contribution in [0.25, 0.3) is 59.8 Å². The van der Waals surface area contributed by atoms with E-state index in [9.17, 15) is 0 Å². The van der Waals surface area contributed by atoms with Crippen LogP contribution in [-0.2, 0) is 0 Å². The highest BCUT2D eigenvalue weighted by Crippen LogP contribution is 2.34. The first-order chi connectivity index (χ1) is 15.4. The van der Waals surface area contributed by atoms with Crippen LogP contribution in [0.4, 0.5) is 0 Å². The third kappa shape index (κ3) is 2.38. The first kappa shape index (κ1) is 16.7. The van der Waals surface area contributed by atoms with Crippen molar-refractivity contribution in [3.05, 3.63) is 115 Å². The van der Waals surface area contributed by atoms with Crippen LogP contribution in [0, 0.1) is 0 Å². The molecule has 1 aromatic heterocycles. The largest absolute Gasteiger partial charge is 0.309 e. The minimum Gasteiger partial charge on any atom is -0.309 e. The SMILES string of the molecule is c1ccc2c(c1)ccc1cc3cc(-n4c5ccccc5c5ccccc54)ccc3cc12. The zero-order valence-electron chi connectivity index (χ0n) is 16.9. The molecule has 0 atom stereocenters. The summed E-state index contributed by atoms with van der Waals surface area (Å²) < 4.78 is 2.38. The lowest BCUT2D eigenvalue weighted by atomic mass is 9.98. The van der Waals surface area contributed by atoms with Gasteiger partial charge in [-0.3, -0.25) is 0 Å². The fraction of sp³-hybridized carbons (Fsp3) is 0. The standard InChI is InChI=1S/C30H19N/c1-2-8-25-20(7-1)13-14-22-17-23-18-24(16-15-21(23)19-28(22)25)31-29-11-5-3-9-26(29)27-10-4-6-12-30(27)31/h1-19H. The number of para-hydroxylation sites is 2. The summed E-state index contributed by atoms with van der Waals surface area (Å²) in [7, 11) is 0. The van der Waals surface area contributed by atoms with Crippen molar-refractivity contribution in [3.8, 4) is 5.69 Å². The number of rotatable bonds is 1. The molecule has 7 rings (SSSR count). The Morgan fingerprint density at radius 1 is 0.355 bits per heavy atom. The smallest absolute Gasteiger partial charge is 0.0541 e. The molecule has 6 aromatic carbocycles. The Kier molecular flexibility index (Phi) is 3.33. The van der Waals surface area contributed by atoms with E-state index in [2.05, 4.69) is 120 Å². The Hall–Kier alpha value is -4.10. The van der Waals surface area contributed by atoms with E-state index in [0.29, 0.717) is 0 Å². The highest BCUT2D eigenvalue weighted by molar-refractivity contribution is 6.13. The zero-order chi connectivity index (χ0) is 20.4.